The van der Waals surface area contributed by atoms with E-state index in [1.165, 1.54) is 23.1 Å². The van der Waals surface area contributed by atoms with Crippen LogP contribution < -0.4 is 15.4 Å². The summed E-state index contributed by atoms with van der Waals surface area (Å²) < 4.78 is 7.29. The summed E-state index contributed by atoms with van der Waals surface area (Å²) in [6.45, 7) is 4.42. The molecule has 0 saturated heterocycles. The fourth-order valence-electron chi connectivity index (χ4n) is 3.12. The van der Waals surface area contributed by atoms with Gasteiger partial charge in [0.1, 0.15) is 5.75 Å². The van der Waals surface area contributed by atoms with E-state index in [0.29, 0.717) is 29.3 Å². The molecule has 4 rings (SSSR count). The average molecular weight is 478 g/mol. The van der Waals surface area contributed by atoms with Crippen molar-refractivity contribution in [3.05, 3.63) is 77.9 Å². The van der Waals surface area contributed by atoms with Crippen LogP contribution >= 0.6 is 23.1 Å². The van der Waals surface area contributed by atoms with Crippen molar-refractivity contribution >= 4 is 56.5 Å². The summed E-state index contributed by atoms with van der Waals surface area (Å²) in [6.07, 6.45) is 0. The second-order valence-corrected chi connectivity index (χ2v) is 9.50. The molecule has 0 aliphatic carbocycles. The van der Waals surface area contributed by atoms with E-state index >= 15 is 0 Å². The van der Waals surface area contributed by atoms with Gasteiger partial charge >= 0.3 is 0 Å². The largest absolute Gasteiger partial charge is 0.492 e. The van der Waals surface area contributed by atoms with E-state index < -0.39 is 0 Å². The van der Waals surface area contributed by atoms with Crippen LogP contribution in [-0.2, 0) is 4.79 Å². The molecule has 0 fully saturated rings. The monoisotopic (exact) mass is 477 g/mol. The quantitative estimate of drug-likeness (QED) is 0.305. The molecule has 2 N–H and O–H groups in total. The number of carbonyl (C=O) groups excluding carboxylic acids is 2. The maximum Gasteiger partial charge on any atom is 0.255 e. The van der Waals surface area contributed by atoms with Crippen LogP contribution in [0.5, 0.6) is 5.75 Å². The highest BCUT2D eigenvalue weighted by Crippen LogP contribution is 2.32. The van der Waals surface area contributed by atoms with Gasteiger partial charge in [-0.3, -0.25) is 9.59 Å². The Morgan fingerprint density at radius 3 is 2.61 bits per heavy atom. The highest BCUT2D eigenvalue weighted by atomic mass is 32.2. The molecule has 4 aromatic rings. The number of fused-ring (bicyclic) bond motifs is 1. The van der Waals surface area contributed by atoms with Gasteiger partial charge in [0.2, 0.25) is 5.91 Å². The number of anilines is 2. The summed E-state index contributed by atoms with van der Waals surface area (Å²) >= 11 is 2.87. The first-order valence-electron chi connectivity index (χ1n) is 10.4. The maximum atomic E-state index is 12.5. The van der Waals surface area contributed by atoms with Crippen molar-refractivity contribution in [2.75, 3.05) is 23.0 Å². The molecule has 0 saturated carbocycles. The van der Waals surface area contributed by atoms with Gasteiger partial charge in [0, 0.05) is 11.3 Å². The zero-order valence-electron chi connectivity index (χ0n) is 18.3. The third-order valence-electron chi connectivity index (χ3n) is 4.73. The van der Waals surface area contributed by atoms with Crippen LogP contribution in [0.2, 0.25) is 0 Å². The molecule has 168 valence electrons. The standard InChI is InChI=1S/C25H23N3O3S2/c1-3-31-21-7-5-4-6-19(21)27-23(29)15-32-25-28-20-13-12-18(14-22(20)33-25)26-24(30)17-10-8-16(2)9-11-17/h4-14H,3,15H2,1-2H3,(H,26,30)(H,27,29). The molecule has 0 aliphatic heterocycles. The van der Waals surface area contributed by atoms with Crippen LogP contribution in [0.4, 0.5) is 11.4 Å². The van der Waals surface area contributed by atoms with Crippen molar-refractivity contribution < 1.29 is 14.3 Å². The van der Waals surface area contributed by atoms with Gasteiger partial charge in [0.05, 0.1) is 28.3 Å². The first kappa shape index (κ1) is 22.8. The summed E-state index contributed by atoms with van der Waals surface area (Å²) in [7, 11) is 0. The molecule has 0 radical (unpaired) electrons. The zero-order valence-corrected chi connectivity index (χ0v) is 19.9. The third kappa shape index (κ3) is 5.91. The van der Waals surface area contributed by atoms with Crippen LogP contribution in [0.3, 0.4) is 0 Å². The third-order valence-corrected chi connectivity index (χ3v) is 6.89. The van der Waals surface area contributed by atoms with E-state index in [1.54, 1.807) is 0 Å². The van der Waals surface area contributed by atoms with Crippen molar-refractivity contribution in [3.8, 4) is 5.75 Å². The Kier molecular flexibility index (Phi) is 7.26. The van der Waals surface area contributed by atoms with Gasteiger partial charge in [0.25, 0.3) is 5.91 Å². The molecule has 3 aromatic carbocycles. The Morgan fingerprint density at radius 2 is 1.82 bits per heavy atom. The first-order chi connectivity index (χ1) is 16.0. The lowest BCUT2D eigenvalue weighted by Gasteiger charge is -2.10. The smallest absolute Gasteiger partial charge is 0.255 e. The van der Waals surface area contributed by atoms with Crippen molar-refractivity contribution in [1.82, 2.24) is 4.98 Å². The van der Waals surface area contributed by atoms with Gasteiger partial charge in [-0.1, -0.05) is 41.6 Å². The molecule has 1 aromatic heterocycles. The predicted molar refractivity (Wildman–Crippen MR) is 136 cm³/mol. The minimum atomic E-state index is -0.155. The van der Waals surface area contributed by atoms with E-state index in [4.69, 9.17) is 4.74 Å². The van der Waals surface area contributed by atoms with Crippen molar-refractivity contribution in [2.24, 2.45) is 0 Å². The van der Waals surface area contributed by atoms with Crippen molar-refractivity contribution in [1.29, 1.82) is 0 Å². The number of ether oxygens (including phenoxy) is 1. The molecule has 0 atom stereocenters. The summed E-state index contributed by atoms with van der Waals surface area (Å²) in [5, 5.41) is 5.82. The number of thiazole rings is 1. The Hall–Kier alpha value is -3.36. The highest BCUT2D eigenvalue weighted by Gasteiger charge is 2.12. The fraction of sp³-hybridized carbons (Fsp3) is 0.160. The Morgan fingerprint density at radius 1 is 1.03 bits per heavy atom. The lowest BCUT2D eigenvalue weighted by atomic mass is 10.1. The highest BCUT2D eigenvalue weighted by molar-refractivity contribution is 8.01. The molecule has 0 unspecified atom stereocenters. The number of nitrogens with one attached hydrogen (secondary N) is 2. The number of hydrogen-bond donors (Lipinski definition) is 2. The predicted octanol–water partition coefficient (Wildman–Crippen LogP) is 5.99. The number of nitrogens with zero attached hydrogens (tertiary/aromatic N) is 1. The Bertz CT molecular complexity index is 1290. The second kappa shape index (κ2) is 10.5. The molecule has 33 heavy (non-hydrogen) atoms. The van der Waals surface area contributed by atoms with Gasteiger partial charge < -0.3 is 15.4 Å². The fourth-order valence-corrected chi connectivity index (χ4v) is 5.02. The number of amides is 2. The average Bonchev–Trinajstić information content (AvgIpc) is 3.22. The second-order valence-electron chi connectivity index (χ2n) is 7.25. The molecule has 6 nitrogen and oxygen atoms in total. The number of benzene rings is 3. The van der Waals surface area contributed by atoms with Crippen LogP contribution in [0, 0.1) is 6.92 Å². The minimum Gasteiger partial charge on any atom is -0.492 e. The van der Waals surface area contributed by atoms with E-state index in [1.807, 2.05) is 80.6 Å². The normalized spacial score (nSPS) is 10.7. The molecule has 0 spiro atoms. The number of para-hydroxylation sites is 2. The topological polar surface area (TPSA) is 80.3 Å². The summed E-state index contributed by atoms with van der Waals surface area (Å²) in [5.41, 5.74) is 3.91. The van der Waals surface area contributed by atoms with Gasteiger partial charge in [-0.25, -0.2) is 4.98 Å². The number of carbonyl (C=O) groups is 2. The van der Waals surface area contributed by atoms with Crippen LogP contribution in [0.25, 0.3) is 10.2 Å². The van der Waals surface area contributed by atoms with Crippen LogP contribution in [0.1, 0.15) is 22.8 Å². The zero-order chi connectivity index (χ0) is 23.2. The number of hydrogen-bond acceptors (Lipinski definition) is 6. The van der Waals surface area contributed by atoms with E-state index in [2.05, 4.69) is 15.6 Å². The number of rotatable bonds is 8. The van der Waals surface area contributed by atoms with E-state index in [0.717, 1.165) is 20.1 Å². The molecular weight excluding hydrogens is 454 g/mol. The lowest BCUT2D eigenvalue weighted by Crippen LogP contribution is -2.14. The Labute approximate surface area is 200 Å². The summed E-state index contributed by atoms with van der Waals surface area (Å²) in [6, 6.07) is 20.4. The van der Waals surface area contributed by atoms with Gasteiger partial charge in [-0.05, 0) is 56.3 Å². The molecule has 0 aliphatic rings. The van der Waals surface area contributed by atoms with E-state index in [9.17, 15) is 9.59 Å². The van der Waals surface area contributed by atoms with Crippen molar-refractivity contribution in [2.45, 2.75) is 18.2 Å². The number of thioether (sulfide) groups is 1. The molecule has 8 heteroatoms. The van der Waals surface area contributed by atoms with Crippen LogP contribution in [-0.4, -0.2) is 29.2 Å². The SMILES string of the molecule is CCOc1ccccc1NC(=O)CSc1nc2ccc(NC(=O)c3ccc(C)cc3)cc2s1. The van der Waals surface area contributed by atoms with Gasteiger partial charge in [-0.2, -0.15) is 0 Å². The molecule has 1 heterocycles. The van der Waals surface area contributed by atoms with Crippen molar-refractivity contribution in [3.63, 3.8) is 0 Å². The Balaban J connectivity index is 1.38. The summed E-state index contributed by atoms with van der Waals surface area (Å²) in [4.78, 5) is 29.5. The molecule has 2 amide bonds. The van der Waals surface area contributed by atoms with E-state index in [-0.39, 0.29) is 17.6 Å². The maximum absolute atomic E-state index is 12.5. The minimum absolute atomic E-state index is 0.127. The number of aryl methyl sites for hydroxylation is 1. The first-order valence-corrected chi connectivity index (χ1v) is 12.2. The van der Waals surface area contributed by atoms with Gasteiger partial charge in [0.15, 0.2) is 4.34 Å². The molecule has 0 bridgehead atoms. The van der Waals surface area contributed by atoms with Crippen LogP contribution in [0.15, 0.2) is 71.1 Å². The lowest BCUT2D eigenvalue weighted by molar-refractivity contribution is -0.113. The van der Waals surface area contributed by atoms with Gasteiger partial charge in [-0.15, -0.1) is 11.3 Å². The summed E-state index contributed by atoms with van der Waals surface area (Å²) in [5.74, 6) is 0.602. The number of aromatic nitrogens is 1. The molecular formula is C25H23N3O3S2.